The van der Waals surface area contributed by atoms with Crippen LogP contribution in [-0.2, 0) is 14.9 Å². The summed E-state index contributed by atoms with van der Waals surface area (Å²) < 4.78 is 10.9. The second kappa shape index (κ2) is 5.35. The number of rotatable bonds is 2. The van der Waals surface area contributed by atoms with Crippen LogP contribution in [0.1, 0.15) is 25.3 Å². The molecule has 5 bridgehead atoms. The number of aliphatic hydroxyl groups excluding tert-OH is 1. The van der Waals surface area contributed by atoms with Gasteiger partial charge in [-0.15, -0.1) is 0 Å². The molecule has 1 spiro atoms. The van der Waals surface area contributed by atoms with Gasteiger partial charge < -0.3 is 19.5 Å². The zero-order valence-corrected chi connectivity index (χ0v) is 17.4. The highest BCUT2D eigenvalue weighted by Gasteiger charge is 2.82. The average Bonchev–Trinajstić information content (AvgIpc) is 3.13. The van der Waals surface area contributed by atoms with E-state index in [0.29, 0.717) is 6.04 Å². The minimum absolute atomic E-state index is 0.0232. The van der Waals surface area contributed by atoms with Crippen molar-refractivity contribution >= 4 is 11.7 Å². The number of ether oxygens (including phenoxy) is 2. The molecule has 8 atom stereocenters. The minimum Gasteiger partial charge on any atom is -0.497 e. The molecule has 5 aliphatic heterocycles. The maximum atomic E-state index is 13.4. The van der Waals surface area contributed by atoms with Gasteiger partial charge in [-0.2, -0.15) is 0 Å². The monoisotopic (exact) mass is 396 g/mol. The standard InChI is InChI=1S/C23H28N2O4/c1-5-12-11-25-17-9-15(12)23(21(27)29-4)18(25)10-22(20(23)26)14-7-6-13(28-3)8-16(14)24(2)19(17)22/h5-8,15,17-20,26H,9-11H2,1-4H3/b12-5-/t15-,17-,18-,19+,20-,22+,23+/m0/s1. The minimum atomic E-state index is -0.886. The maximum absolute atomic E-state index is 13.4. The van der Waals surface area contributed by atoms with Crippen molar-refractivity contribution in [3.8, 4) is 5.75 Å². The summed E-state index contributed by atoms with van der Waals surface area (Å²) in [6, 6.07) is 6.66. The van der Waals surface area contributed by atoms with E-state index in [1.807, 2.05) is 6.07 Å². The van der Waals surface area contributed by atoms with E-state index in [4.69, 9.17) is 9.47 Å². The summed E-state index contributed by atoms with van der Waals surface area (Å²) in [5.74, 6) is 0.625. The number of benzene rings is 1. The normalized spacial score (nSPS) is 46.8. The van der Waals surface area contributed by atoms with Crippen molar-refractivity contribution < 1.29 is 19.4 Å². The summed E-state index contributed by atoms with van der Waals surface area (Å²) in [6.45, 7) is 2.94. The third-order valence-electron chi connectivity index (χ3n) is 9.02. The molecule has 154 valence electrons. The Labute approximate surface area is 171 Å². The first kappa shape index (κ1) is 17.8. The molecule has 6 heteroatoms. The van der Waals surface area contributed by atoms with E-state index in [9.17, 15) is 9.90 Å². The van der Waals surface area contributed by atoms with Gasteiger partial charge in [-0.1, -0.05) is 17.7 Å². The molecule has 5 fully saturated rings. The predicted molar refractivity (Wildman–Crippen MR) is 108 cm³/mol. The molecule has 1 aromatic rings. The highest BCUT2D eigenvalue weighted by Crippen LogP contribution is 2.72. The molecule has 1 N–H and O–H groups in total. The molecule has 29 heavy (non-hydrogen) atoms. The van der Waals surface area contributed by atoms with Crippen LogP contribution in [0.25, 0.3) is 0 Å². The van der Waals surface area contributed by atoms with Crippen LogP contribution >= 0.6 is 0 Å². The molecule has 5 heterocycles. The van der Waals surface area contributed by atoms with Crippen LogP contribution in [0.3, 0.4) is 0 Å². The number of hydrogen-bond donors (Lipinski definition) is 1. The lowest BCUT2D eigenvalue weighted by molar-refractivity contribution is -0.179. The van der Waals surface area contributed by atoms with E-state index in [1.54, 1.807) is 7.11 Å². The topological polar surface area (TPSA) is 62.2 Å². The second-order valence-corrected chi connectivity index (χ2v) is 9.42. The fraction of sp³-hybridized carbons (Fsp3) is 0.609. The van der Waals surface area contributed by atoms with Crippen molar-refractivity contribution in [2.24, 2.45) is 11.3 Å². The lowest BCUT2D eigenvalue weighted by atomic mass is 9.58. The third kappa shape index (κ3) is 1.62. The Bertz CT molecular complexity index is 960. The fourth-order valence-electron chi connectivity index (χ4n) is 8.12. The molecule has 4 saturated heterocycles. The number of carbonyl (C=O) groups is 1. The van der Waals surface area contributed by atoms with Crippen LogP contribution in [0, 0.1) is 11.3 Å². The number of esters is 1. The lowest BCUT2D eigenvalue weighted by Gasteiger charge is -2.61. The first-order valence-electron chi connectivity index (χ1n) is 10.6. The molecule has 0 radical (unpaired) electrons. The van der Waals surface area contributed by atoms with Crippen LogP contribution in [-0.4, -0.2) is 68.0 Å². The molecular weight excluding hydrogens is 368 g/mol. The van der Waals surface area contributed by atoms with Crippen molar-refractivity contribution in [3.05, 3.63) is 35.4 Å². The Morgan fingerprint density at radius 1 is 1.34 bits per heavy atom. The number of nitrogens with zero attached hydrogens (tertiary/aromatic N) is 2. The number of fused-ring (bicyclic) bond motifs is 2. The van der Waals surface area contributed by atoms with Crippen LogP contribution in [0.4, 0.5) is 5.69 Å². The maximum Gasteiger partial charge on any atom is 0.316 e. The number of hydrogen-bond acceptors (Lipinski definition) is 6. The van der Waals surface area contributed by atoms with Crippen LogP contribution < -0.4 is 9.64 Å². The Kier molecular flexibility index (Phi) is 3.28. The first-order valence-corrected chi connectivity index (χ1v) is 10.6. The van der Waals surface area contributed by atoms with Gasteiger partial charge in [0, 0.05) is 48.8 Å². The van der Waals surface area contributed by atoms with Crippen LogP contribution in [0.2, 0.25) is 0 Å². The number of carbonyl (C=O) groups excluding carboxylic acids is 1. The summed E-state index contributed by atoms with van der Waals surface area (Å²) in [7, 11) is 5.28. The Morgan fingerprint density at radius 2 is 2.14 bits per heavy atom. The fourth-order valence-corrected chi connectivity index (χ4v) is 8.12. The Balaban J connectivity index is 1.64. The highest BCUT2D eigenvalue weighted by atomic mass is 16.5. The summed E-state index contributed by atoms with van der Waals surface area (Å²) in [4.78, 5) is 18.2. The largest absolute Gasteiger partial charge is 0.497 e. The zero-order chi connectivity index (χ0) is 20.3. The molecule has 6 aliphatic rings. The number of anilines is 1. The first-order chi connectivity index (χ1) is 14.0. The number of piperidine rings is 4. The van der Waals surface area contributed by atoms with Crippen molar-refractivity contribution in [2.75, 3.05) is 32.7 Å². The van der Waals surface area contributed by atoms with Gasteiger partial charge in [-0.05, 0) is 31.4 Å². The molecule has 1 aromatic carbocycles. The smallest absolute Gasteiger partial charge is 0.316 e. The van der Waals surface area contributed by atoms with Gasteiger partial charge in [0.15, 0.2) is 0 Å². The average molecular weight is 396 g/mol. The number of likely N-dealkylation sites (N-methyl/N-ethyl adjacent to an activating group) is 1. The molecule has 0 amide bonds. The summed E-state index contributed by atoms with van der Waals surface area (Å²) in [5, 5.41) is 12.1. The van der Waals surface area contributed by atoms with E-state index in [-0.39, 0.29) is 24.0 Å². The predicted octanol–water partition coefficient (Wildman–Crippen LogP) is 1.71. The molecule has 0 aromatic heterocycles. The molecular formula is C23H28N2O4. The van der Waals surface area contributed by atoms with Gasteiger partial charge in [0.25, 0.3) is 0 Å². The summed E-state index contributed by atoms with van der Waals surface area (Å²) >= 11 is 0. The SMILES string of the molecule is C/C=C1/CN2[C@H]3C[C@@]45c6ccc(OC)cc6N(C)[C@@H]4[C@@H]2C[C@@H]1[C@]3(C(=O)OC)[C@H]5O. The summed E-state index contributed by atoms with van der Waals surface area (Å²) in [5.41, 5.74) is 2.21. The highest BCUT2D eigenvalue weighted by molar-refractivity contribution is 5.84. The Morgan fingerprint density at radius 3 is 2.83 bits per heavy atom. The molecule has 1 aliphatic carbocycles. The van der Waals surface area contributed by atoms with Gasteiger partial charge in [0.2, 0.25) is 0 Å². The summed E-state index contributed by atoms with van der Waals surface area (Å²) in [6.07, 6.45) is 3.06. The second-order valence-electron chi connectivity index (χ2n) is 9.42. The third-order valence-corrected chi connectivity index (χ3v) is 9.02. The van der Waals surface area contributed by atoms with Crippen molar-refractivity contribution in [2.45, 2.75) is 49.4 Å². The molecule has 1 saturated carbocycles. The van der Waals surface area contributed by atoms with Gasteiger partial charge in [0.1, 0.15) is 11.2 Å². The number of methoxy groups -OCH3 is 2. The van der Waals surface area contributed by atoms with E-state index in [2.05, 4.69) is 42.0 Å². The van der Waals surface area contributed by atoms with Crippen molar-refractivity contribution in [3.63, 3.8) is 0 Å². The van der Waals surface area contributed by atoms with E-state index < -0.39 is 16.9 Å². The van der Waals surface area contributed by atoms with Gasteiger partial charge in [-0.3, -0.25) is 9.69 Å². The van der Waals surface area contributed by atoms with E-state index >= 15 is 0 Å². The van der Waals surface area contributed by atoms with Gasteiger partial charge in [-0.25, -0.2) is 0 Å². The van der Waals surface area contributed by atoms with Gasteiger partial charge in [0.05, 0.1) is 26.4 Å². The molecule has 7 rings (SSSR count). The van der Waals surface area contributed by atoms with Crippen LogP contribution in [0.5, 0.6) is 5.75 Å². The number of aliphatic hydroxyl groups is 1. The Hall–Kier alpha value is -2.05. The molecule has 1 unspecified atom stereocenters. The molecule has 6 nitrogen and oxygen atoms in total. The zero-order valence-electron chi connectivity index (χ0n) is 17.4. The van der Waals surface area contributed by atoms with E-state index in [0.717, 1.165) is 36.4 Å². The quantitative estimate of drug-likeness (QED) is 0.607. The van der Waals surface area contributed by atoms with Crippen LogP contribution in [0.15, 0.2) is 29.8 Å². The van der Waals surface area contributed by atoms with Gasteiger partial charge >= 0.3 is 5.97 Å². The lowest BCUT2D eigenvalue weighted by Crippen LogP contribution is -2.71. The number of allylic oxidation sites excluding steroid dienone is 1. The van der Waals surface area contributed by atoms with Crippen molar-refractivity contribution in [1.29, 1.82) is 0 Å². The van der Waals surface area contributed by atoms with E-state index in [1.165, 1.54) is 12.7 Å². The van der Waals surface area contributed by atoms with Crippen molar-refractivity contribution in [1.82, 2.24) is 4.90 Å².